The summed E-state index contributed by atoms with van der Waals surface area (Å²) >= 11 is 1.88. The van der Waals surface area contributed by atoms with Crippen LogP contribution in [0.15, 0.2) is 29.6 Å². The highest BCUT2D eigenvalue weighted by Gasteiger charge is 2.25. The van der Waals surface area contributed by atoms with E-state index in [1.54, 1.807) is 7.11 Å². The van der Waals surface area contributed by atoms with Gasteiger partial charge < -0.3 is 10.5 Å². The van der Waals surface area contributed by atoms with Crippen LogP contribution in [0.5, 0.6) is 5.75 Å². The van der Waals surface area contributed by atoms with Gasteiger partial charge in [0, 0.05) is 35.3 Å². The SMILES string of the molecule is COc1ccc(N)cc1CN1CCc2sccc2C1C. The van der Waals surface area contributed by atoms with Crippen molar-refractivity contribution in [2.75, 3.05) is 19.4 Å². The maximum atomic E-state index is 5.91. The molecule has 1 atom stereocenters. The zero-order valence-electron chi connectivity index (χ0n) is 11.9. The first kappa shape index (κ1) is 13.5. The van der Waals surface area contributed by atoms with Crippen LogP contribution in [0.4, 0.5) is 5.69 Å². The lowest BCUT2D eigenvalue weighted by atomic mass is 10.0. The van der Waals surface area contributed by atoms with Gasteiger partial charge in [0.25, 0.3) is 0 Å². The molecule has 1 unspecified atom stereocenters. The normalized spacial score (nSPS) is 18.8. The molecule has 4 heteroatoms. The van der Waals surface area contributed by atoms with Gasteiger partial charge in [-0.2, -0.15) is 0 Å². The zero-order chi connectivity index (χ0) is 14.1. The molecule has 1 aliphatic rings. The van der Waals surface area contributed by atoms with Crippen molar-refractivity contribution in [2.45, 2.75) is 25.9 Å². The largest absolute Gasteiger partial charge is 0.496 e. The molecule has 0 aliphatic carbocycles. The molecule has 3 rings (SSSR count). The number of rotatable bonds is 3. The van der Waals surface area contributed by atoms with Crippen molar-refractivity contribution in [3.63, 3.8) is 0 Å². The van der Waals surface area contributed by atoms with Crippen LogP contribution in [0.2, 0.25) is 0 Å². The number of methoxy groups -OCH3 is 1. The molecule has 0 fully saturated rings. The number of thiophene rings is 1. The highest BCUT2D eigenvalue weighted by Crippen LogP contribution is 2.35. The van der Waals surface area contributed by atoms with Crippen molar-refractivity contribution >= 4 is 17.0 Å². The lowest BCUT2D eigenvalue weighted by Crippen LogP contribution is -2.32. The summed E-state index contributed by atoms with van der Waals surface area (Å²) in [4.78, 5) is 4.03. The van der Waals surface area contributed by atoms with E-state index in [2.05, 4.69) is 23.3 Å². The third-order valence-electron chi connectivity index (χ3n) is 4.08. The average molecular weight is 288 g/mol. The van der Waals surface area contributed by atoms with E-state index in [1.807, 2.05) is 29.5 Å². The number of anilines is 1. The monoisotopic (exact) mass is 288 g/mol. The molecular weight excluding hydrogens is 268 g/mol. The number of benzene rings is 1. The van der Waals surface area contributed by atoms with Crippen LogP contribution in [-0.4, -0.2) is 18.6 Å². The van der Waals surface area contributed by atoms with E-state index in [1.165, 1.54) is 10.4 Å². The minimum absolute atomic E-state index is 0.455. The van der Waals surface area contributed by atoms with Crippen LogP contribution in [0.1, 0.15) is 29.0 Å². The van der Waals surface area contributed by atoms with Crippen LogP contribution in [0, 0.1) is 0 Å². The summed E-state index contributed by atoms with van der Waals surface area (Å²) in [5, 5.41) is 2.20. The Bertz CT molecular complexity index is 608. The predicted octanol–water partition coefficient (Wildman–Crippen LogP) is 3.46. The highest BCUT2D eigenvalue weighted by atomic mass is 32.1. The Morgan fingerprint density at radius 1 is 1.40 bits per heavy atom. The van der Waals surface area contributed by atoms with Gasteiger partial charge in [-0.3, -0.25) is 4.90 Å². The van der Waals surface area contributed by atoms with Gasteiger partial charge in [0.15, 0.2) is 0 Å². The molecule has 0 radical (unpaired) electrons. The average Bonchev–Trinajstić information content (AvgIpc) is 2.91. The Morgan fingerprint density at radius 2 is 2.25 bits per heavy atom. The summed E-state index contributed by atoms with van der Waals surface area (Å²) in [6.07, 6.45) is 1.14. The second-order valence-electron chi connectivity index (χ2n) is 5.27. The third kappa shape index (κ3) is 2.41. The van der Waals surface area contributed by atoms with E-state index in [0.29, 0.717) is 6.04 Å². The maximum Gasteiger partial charge on any atom is 0.123 e. The van der Waals surface area contributed by atoms with Gasteiger partial charge in [0.2, 0.25) is 0 Å². The second-order valence-corrected chi connectivity index (χ2v) is 6.27. The van der Waals surface area contributed by atoms with E-state index < -0.39 is 0 Å². The fourth-order valence-electron chi connectivity index (χ4n) is 2.92. The number of nitrogens with two attached hydrogens (primary N) is 1. The van der Waals surface area contributed by atoms with Crippen LogP contribution >= 0.6 is 11.3 Å². The van der Waals surface area contributed by atoms with Crippen molar-refractivity contribution in [1.82, 2.24) is 4.90 Å². The molecule has 3 nitrogen and oxygen atoms in total. The smallest absolute Gasteiger partial charge is 0.123 e. The van der Waals surface area contributed by atoms with Gasteiger partial charge >= 0.3 is 0 Å². The van der Waals surface area contributed by atoms with E-state index in [0.717, 1.165) is 36.5 Å². The molecular formula is C16H20N2OS. The molecule has 2 heterocycles. The Hall–Kier alpha value is -1.52. The second kappa shape index (κ2) is 5.46. The molecule has 0 bridgehead atoms. The number of nitrogens with zero attached hydrogens (tertiary/aromatic N) is 1. The fourth-order valence-corrected chi connectivity index (χ4v) is 3.88. The maximum absolute atomic E-state index is 5.91. The number of hydrogen-bond donors (Lipinski definition) is 1. The summed E-state index contributed by atoms with van der Waals surface area (Å²) < 4.78 is 5.45. The van der Waals surface area contributed by atoms with Gasteiger partial charge in [-0.25, -0.2) is 0 Å². The number of ether oxygens (including phenoxy) is 1. The molecule has 106 valence electrons. The first-order valence-corrected chi connectivity index (χ1v) is 7.79. The fraction of sp³-hybridized carbons (Fsp3) is 0.375. The van der Waals surface area contributed by atoms with E-state index in [9.17, 15) is 0 Å². The standard InChI is InChI=1S/C16H20N2OS/c1-11-14-6-8-20-16(14)5-7-18(11)10-12-9-13(17)3-4-15(12)19-2/h3-4,6,8-9,11H,5,7,10,17H2,1-2H3. The summed E-state index contributed by atoms with van der Waals surface area (Å²) in [6, 6.07) is 8.58. The molecule has 20 heavy (non-hydrogen) atoms. The molecule has 0 spiro atoms. The van der Waals surface area contributed by atoms with Crippen LogP contribution in [0.25, 0.3) is 0 Å². The number of fused-ring (bicyclic) bond motifs is 1. The van der Waals surface area contributed by atoms with Crippen molar-refractivity contribution < 1.29 is 4.74 Å². The quantitative estimate of drug-likeness (QED) is 0.879. The molecule has 2 N–H and O–H groups in total. The first-order chi connectivity index (χ1) is 9.69. The number of nitrogen functional groups attached to an aromatic ring is 1. The van der Waals surface area contributed by atoms with Crippen molar-refractivity contribution in [3.8, 4) is 5.75 Å². The van der Waals surface area contributed by atoms with Gasteiger partial charge in [0.05, 0.1) is 7.11 Å². The van der Waals surface area contributed by atoms with Gasteiger partial charge in [-0.15, -0.1) is 11.3 Å². The minimum atomic E-state index is 0.455. The molecule has 0 amide bonds. The molecule has 1 aliphatic heterocycles. The Kier molecular flexibility index (Phi) is 3.68. The molecule has 1 aromatic carbocycles. The Labute approximate surface area is 124 Å². The molecule has 1 aromatic heterocycles. The van der Waals surface area contributed by atoms with E-state index in [-0.39, 0.29) is 0 Å². The van der Waals surface area contributed by atoms with E-state index >= 15 is 0 Å². The lowest BCUT2D eigenvalue weighted by molar-refractivity contribution is 0.189. The topological polar surface area (TPSA) is 38.5 Å². The van der Waals surface area contributed by atoms with E-state index in [4.69, 9.17) is 10.5 Å². The summed E-state index contributed by atoms with van der Waals surface area (Å²) in [5.41, 5.74) is 9.34. The van der Waals surface area contributed by atoms with Crippen molar-refractivity contribution in [1.29, 1.82) is 0 Å². The first-order valence-electron chi connectivity index (χ1n) is 6.91. The van der Waals surface area contributed by atoms with Crippen LogP contribution < -0.4 is 10.5 Å². The van der Waals surface area contributed by atoms with Crippen molar-refractivity contribution in [3.05, 3.63) is 45.6 Å². The van der Waals surface area contributed by atoms with Gasteiger partial charge in [0.1, 0.15) is 5.75 Å². The van der Waals surface area contributed by atoms with Crippen LogP contribution in [-0.2, 0) is 13.0 Å². The molecule has 0 saturated heterocycles. The lowest BCUT2D eigenvalue weighted by Gasteiger charge is -2.34. The van der Waals surface area contributed by atoms with Crippen LogP contribution in [0.3, 0.4) is 0 Å². The predicted molar refractivity (Wildman–Crippen MR) is 84.3 cm³/mol. The molecule has 0 saturated carbocycles. The summed E-state index contributed by atoms with van der Waals surface area (Å²) in [5.74, 6) is 0.919. The summed E-state index contributed by atoms with van der Waals surface area (Å²) in [6.45, 7) is 4.25. The minimum Gasteiger partial charge on any atom is -0.496 e. The summed E-state index contributed by atoms with van der Waals surface area (Å²) in [7, 11) is 1.71. The zero-order valence-corrected chi connectivity index (χ0v) is 12.7. The Morgan fingerprint density at radius 3 is 3.05 bits per heavy atom. The van der Waals surface area contributed by atoms with Gasteiger partial charge in [-0.1, -0.05) is 0 Å². The number of hydrogen-bond acceptors (Lipinski definition) is 4. The van der Waals surface area contributed by atoms with Gasteiger partial charge in [-0.05, 0) is 48.6 Å². The van der Waals surface area contributed by atoms with Crippen molar-refractivity contribution in [2.24, 2.45) is 0 Å². The Balaban J connectivity index is 1.84. The molecule has 2 aromatic rings. The highest BCUT2D eigenvalue weighted by molar-refractivity contribution is 7.10. The third-order valence-corrected chi connectivity index (χ3v) is 5.08.